The van der Waals surface area contributed by atoms with E-state index in [9.17, 15) is 27.2 Å². The fourth-order valence-corrected chi connectivity index (χ4v) is 4.62. The van der Waals surface area contributed by atoms with Gasteiger partial charge in [-0.2, -0.15) is 0 Å². The summed E-state index contributed by atoms with van der Waals surface area (Å²) in [5.41, 5.74) is 1.27. The Morgan fingerprint density at radius 1 is 1.13 bits per heavy atom. The molecule has 2 rings (SSSR count). The minimum absolute atomic E-state index is 0.0240. The lowest BCUT2D eigenvalue weighted by Crippen LogP contribution is -2.46. The lowest BCUT2D eigenvalue weighted by molar-refractivity contribution is -0.120. The number of rotatable bonds is 8. The fraction of sp³-hybridized carbons (Fsp3) is 0.500. The topological polar surface area (TPSA) is 133 Å². The molecular formula is C18H24ClFN4O5S. The molecule has 1 aromatic carbocycles. The van der Waals surface area contributed by atoms with Gasteiger partial charge in [-0.1, -0.05) is 30.9 Å². The van der Waals surface area contributed by atoms with E-state index in [-0.39, 0.29) is 24.4 Å². The molecule has 1 saturated carbocycles. The lowest BCUT2D eigenvalue weighted by Gasteiger charge is -2.22. The van der Waals surface area contributed by atoms with E-state index in [1.807, 2.05) is 10.3 Å². The van der Waals surface area contributed by atoms with Crippen LogP contribution in [0.5, 0.6) is 0 Å². The Bertz CT molecular complexity index is 919. The van der Waals surface area contributed by atoms with Crippen LogP contribution in [0.2, 0.25) is 5.02 Å². The zero-order valence-corrected chi connectivity index (χ0v) is 18.0. The molecule has 4 N–H and O–H groups in total. The van der Waals surface area contributed by atoms with Crippen LogP contribution >= 0.6 is 11.6 Å². The maximum Gasteiger partial charge on any atom is 0.269 e. The second kappa shape index (κ2) is 10.7. The number of nitrogens with one attached hydrogen (secondary N) is 4. The quantitative estimate of drug-likeness (QED) is 0.431. The van der Waals surface area contributed by atoms with Crippen molar-refractivity contribution in [2.24, 2.45) is 0 Å². The third-order valence-corrected chi connectivity index (χ3v) is 6.76. The molecule has 0 heterocycles. The fourth-order valence-electron chi connectivity index (χ4n) is 3.05. The maximum absolute atomic E-state index is 14.3. The monoisotopic (exact) mass is 462 g/mol. The average molecular weight is 463 g/mol. The first-order valence-corrected chi connectivity index (χ1v) is 11.4. The Kier molecular flexibility index (Phi) is 8.56. The summed E-state index contributed by atoms with van der Waals surface area (Å²) in [6.07, 6.45) is 3.52. The van der Waals surface area contributed by atoms with Crippen LogP contribution in [-0.2, 0) is 14.8 Å². The molecule has 1 fully saturated rings. The van der Waals surface area contributed by atoms with Crippen molar-refractivity contribution < 1.29 is 27.2 Å². The largest absolute Gasteiger partial charge is 0.359 e. The van der Waals surface area contributed by atoms with E-state index in [0.717, 1.165) is 31.4 Å². The number of hydrazine groups is 1. The minimum Gasteiger partial charge on any atom is -0.359 e. The van der Waals surface area contributed by atoms with Crippen LogP contribution in [0.4, 0.5) is 4.39 Å². The van der Waals surface area contributed by atoms with Gasteiger partial charge in [0.2, 0.25) is 15.9 Å². The standard InChI is InChI=1S/C18H24ClFN4O5S/c1-21-15(25)7-8-22-17(26)11-9-13(16(20)14(19)10-11)18(27)23-24-30(28,29)12-5-3-2-4-6-12/h9-10,12,24H,2-8H2,1H3,(H,21,25)(H,22,26)(H,23,27). The van der Waals surface area contributed by atoms with E-state index in [1.54, 1.807) is 0 Å². The zero-order chi connectivity index (χ0) is 22.3. The normalized spacial score (nSPS) is 14.8. The van der Waals surface area contributed by atoms with E-state index in [2.05, 4.69) is 10.6 Å². The van der Waals surface area contributed by atoms with Gasteiger partial charge in [0.05, 0.1) is 15.8 Å². The van der Waals surface area contributed by atoms with Gasteiger partial charge in [-0.05, 0) is 25.0 Å². The summed E-state index contributed by atoms with van der Waals surface area (Å²) in [4.78, 5) is 37.7. The summed E-state index contributed by atoms with van der Waals surface area (Å²) in [6, 6.07) is 2.00. The number of sulfonamides is 1. The predicted molar refractivity (Wildman–Crippen MR) is 109 cm³/mol. The summed E-state index contributed by atoms with van der Waals surface area (Å²) < 4.78 is 38.9. The molecule has 166 valence electrons. The highest BCUT2D eigenvalue weighted by Gasteiger charge is 2.28. The molecule has 30 heavy (non-hydrogen) atoms. The lowest BCUT2D eigenvalue weighted by atomic mass is 10.0. The van der Waals surface area contributed by atoms with Crippen molar-refractivity contribution in [3.8, 4) is 0 Å². The Morgan fingerprint density at radius 3 is 2.43 bits per heavy atom. The van der Waals surface area contributed by atoms with Crippen LogP contribution in [0.3, 0.4) is 0 Å². The van der Waals surface area contributed by atoms with Gasteiger partial charge in [-0.3, -0.25) is 19.8 Å². The number of carbonyl (C=O) groups is 3. The molecule has 3 amide bonds. The summed E-state index contributed by atoms with van der Waals surface area (Å²) in [7, 11) is -2.36. The van der Waals surface area contributed by atoms with Gasteiger partial charge < -0.3 is 10.6 Å². The van der Waals surface area contributed by atoms with Gasteiger partial charge in [0.15, 0.2) is 5.82 Å². The zero-order valence-electron chi connectivity index (χ0n) is 16.4. The van der Waals surface area contributed by atoms with Crippen LogP contribution in [0.25, 0.3) is 0 Å². The van der Waals surface area contributed by atoms with Crippen molar-refractivity contribution in [3.63, 3.8) is 0 Å². The molecular weight excluding hydrogens is 439 g/mol. The van der Waals surface area contributed by atoms with E-state index in [1.165, 1.54) is 7.05 Å². The van der Waals surface area contributed by atoms with E-state index < -0.39 is 43.5 Å². The molecule has 12 heteroatoms. The highest BCUT2D eigenvalue weighted by molar-refractivity contribution is 7.90. The van der Waals surface area contributed by atoms with Crippen molar-refractivity contribution in [1.29, 1.82) is 0 Å². The molecule has 0 radical (unpaired) electrons. The molecule has 0 atom stereocenters. The molecule has 1 aliphatic rings. The van der Waals surface area contributed by atoms with Crippen LogP contribution in [0.15, 0.2) is 12.1 Å². The van der Waals surface area contributed by atoms with E-state index in [4.69, 9.17) is 11.6 Å². The smallest absolute Gasteiger partial charge is 0.269 e. The third kappa shape index (κ3) is 6.38. The number of hydrogen-bond donors (Lipinski definition) is 4. The summed E-state index contributed by atoms with van der Waals surface area (Å²) in [5.74, 6) is -3.13. The minimum atomic E-state index is -3.81. The summed E-state index contributed by atoms with van der Waals surface area (Å²) in [6.45, 7) is 0.0240. The molecule has 0 aliphatic heterocycles. The molecule has 0 unspecified atom stereocenters. The van der Waals surface area contributed by atoms with Gasteiger partial charge in [-0.15, -0.1) is 4.83 Å². The van der Waals surface area contributed by atoms with E-state index >= 15 is 0 Å². The van der Waals surface area contributed by atoms with Crippen molar-refractivity contribution in [2.75, 3.05) is 13.6 Å². The average Bonchev–Trinajstić information content (AvgIpc) is 2.74. The Morgan fingerprint density at radius 2 is 1.80 bits per heavy atom. The summed E-state index contributed by atoms with van der Waals surface area (Å²) >= 11 is 5.79. The third-order valence-electron chi connectivity index (χ3n) is 4.75. The number of benzene rings is 1. The van der Waals surface area contributed by atoms with Crippen LogP contribution < -0.4 is 20.9 Å². The highest BCUT2D eigenvalue weighted by atomic mass is 35.5. The first-order valence-electron chi connectivity index (χ1n) is 9.44. The Labute approximate surface area is 179 Å². The van der Waals surface area contributed by atoms with Crippen molar-refractivity contribution >= 4 is 39.3 Å². The van der Waals surface area contributed by atoms with Gasteiger partial charge >= 0.3 is 0 Å². The van der Waals surface area contributed by atoms with Crippen LogP contribution in [0, 0.1) is 5.82 Å². The number of amides is 3. The summed E-state index contributed by atoms with van der Waals surface area (Å²) in [5, 5.41) is 3.75. The molecule has 0 bridgehead atoms. The number of halogens is 2. The van der Waals surface area contributed by atoms with Gasteiger partial charge in [0.25, 0.3) is 11.8 Å². The molecule has 0 aromatic heterocycles. The predicted octanol–water partition coefficient (Wildman–Crippen LogP) is 1.24. The highest BCUT2D eigenvalue weighted by Crippen LogP contribution is 2.23. The van der Waals surface area contributed by atoms with Crippen LogP contribution in [-0.4, -0.2) is 45.0 Å². The molecule has 0 spiro atoms. The second-order valence-electron chi connectivity index (χ2n) is 6.86. The van der Waals surface area contributed by atoms with E-state index in [0.29, 0.717) is 12.8 Å². The van der Waals surface area contributed by atoms with Crippen LogP contribution in [0.1, 0.15) is 59.2 Å². The maximum atomic E-state index is 14.3. The van der Waals surface area contributed by atoms with Gasteiger partial charge in [0, 0.05) is 25.6 Å². The van der Waals surface area contributed by atoms with Crippen molar-refractivity contribution in [2.45, 2.75) is 43.8 Å². The van der Waals surface area contributed by atoms with Crippen molar-refractivity contribution in [1.82, 2.24) is 20.9 Å². The SMILES string of the molecule is CNC(=O)CCNC(=O)c1cc(Cl)c(F)c(C(=O)NNS(=O)(=O)C2CCCCC2)c1. The number of carbonyl (C=O) groups excluding carboxylic acids is 3. The first-order chi connectivity index (χ1) is 14.2. The number of hydrogen-bond acceptors (Lipinski definition) is 5. The van der Waals surface area contributed by atoms with Gasteiger partial charge in [0.1, 0.15) is 0 Å². The Hall–Kier alpha value is -2.24. The molecule has 1 aliphatic carbocycles. The Balaban J connectivity index is 2.07. The van der Waals surface area contributed by atoms with Gasteiger partial charge in [-0.25, -0.2) is 12.8 Å². The second-order valence-corrected chi connectivity index (χ2v) is 9.23. The first kappa shape index (κ1) is 24.0. The molecule has 9 nitrogen and oxygen atoms in total. The van der Waals surface area contributed by atoms with Crippen molar-refractivity contribution in [3.05, 3.63) is 34.1 Å². The molecule has 1 aromatic rings. The molecule has 0 saturated heterocycles.